The van der Waals surface area contributed by atoms with Crippen molar-refractivity contribution in [2.75, 3.05) is 12.4 Å². The van der Waals surface area contributed by atoms with Gasteiger partial charge in [-0.1, -0.05) is 23.2 Å². The molecule has 0 radical (unpaired) electrons. The van der Waals surface area contributed by atoms with Gasteiger partial charge in [0.25, 0.3) is 0 Å². The molecule has 0 unspecified atom stereocenters. The number of aliphatic hydroxyl groups is 1. The van der Waals surface area contributed by atoms with Gasteiger partial charge in [-0.2, -0.15) is 11.8 Å². The number of pyridine rings is 1. The molecule has 2 nitrogen and oxygen atoms in total. The maximum absolute atomic E-state index is 8.57. The summed E-state index contributed by atoms with van der Waals surface area (Å²) in [6.45, 7) is 0.169. The van der Waals surface area contributed by atoms with Crippen molar-refractivity contribution in [1.29, 1.82) is 0 Å². The first-order valence-corrected chi connectivity index (χ1v) is 5.64. The molecule has 1 aromatic heterocycles. The zero-order valence-corrected chi connectivity index (χ0v) is 9.16. The monoisotopic (exact) mass is 237 g/mol. The smallest absolute Gasteiger partial charge is 0.129 e. The topological polar surface area (TPSA) is 33.1 Å². The van der Waals surface area contributed by atoms with Crippen LogP contribution >= 0.6 is 35.0 Å². The molecule has 0 saturated heterocycles. The van der Waals surface area contributed by atoms with E-state index >= 15 is 0 Å². The molecule has 0 fully saturated rings. The van der Waals surface area contributed by atoms with Crippen LogP contribution in [0.3, 0.4) is 0 Å². The molecule has 0 aliphatic heterocycles. The van der Waals surface area contributed by atoms with Gasteiger partial charge in [0.2, 0.25) is 0 Å². The Morgan fingerprint density at radius 1 is 1.38 bits per heavy atom. The van der Waals surface area contributed by atoms with Crippen molar-refractivity contribution < 1.29 is 5.11 Å². The first-order valence-electron chi connectivity index (χ1n) is 3.73. The number of halogens is 2. The zero-order valence-electron chi connectivity index (χ0n) is 6.83. The standard InChI is InChI=1S/C8H9Cl2NOS/c9-6-1-2-8(10)11-7(6)5-13-4-3-12/h1-2,12H,3-5H2. The van der Waals surface area contributed by atoms with Crippen LogP contribution in [-0.2, 0) is 5.75 Å². The van der Waals surface area contributed by atoms with Crippen molar-refractivity contribution in [3.8, 4) is 0 Å². The number of thioether (sulfide) groups is 1. The fraction of sp³-hybridized carbons (Fsp3) is 0.375. The predicted octanol–water partition coefficient (Wildman–Crippen LogP) is 2.61. The molecule has 1 aromatic rings. The van der Waals surface area contributed by atoms with Crippen LogP contribution in [-0.4, -0.2) is 22.5 Å². The van der Waals surface area contributed by atoms with Crippen LogP contribution in [0.4, 0.5) is 0 Å². The molecule has 0 amide bonds. The van der Waals surface area contributed by atoms with Gasteiger partial charge in [-0.05, 0) is 12.1 Å². The molecule has 0 aromatic carbocycles. The van der Waals surface area contributed by atoms with Crippen LogP contribution in [0.2, 0.25) is 10.2 Å². The van der Waals surface area contributed by atoms with E-state index in [9.17, 15) is 0 Å². The van der Waals surface area contributed by atoms with Crippen LogP contribution in [0.1, 0.15) is 5.69 Å². The summed E-state index contributed by atoms with van der Waals surface area (Å²) in [5, 5.41) is 9.64. The number of aromatic nitrogens is 1. The van der Waals surface area contributed by atoms with Gasteiger partial charge in [-0.3, -0.25) is 0 Å². The van der Waals surface area contributed by atoms with Gasteiger partial charge in [0.05, 0.1) is 17.3 Å². The summed E-state index contributed by atoms with van der Waals surface area (Å²) in [7, 11) is 0. The number of hydrogen-bond donors (Lipinski definition) is 1. The van der Waals surface area contributed by atoms with Crippen LogP contribution in [0.15, 0.2) is 12.1 Å². The van der Waals surface area contributed by atoms with Crippen molar-refractivity contribution in [2.24, 2.45) is 0 Å². The average molecular weight is 238 g/mol. The van der Waals surface area contributed by atoms with E-state index in [4.69, 9.17) is 28.3 Å². The van der Waals surface area contributed by atoms with Crippen molar-refractivity contribution in [3.63, 3.8) is 0 Å². The molecule has 0 aliphatic rings. The summed E-state index contributed by atoms with van der Waals surface area (Å²) in [4.78, 5) is 4.08. The predicted molar refractivity (Wildman–Crippen MR) is 57.5 cm³/mol. The molecule has 1 N–H and O–H groups in total. The van der Waals surface area contributed by atoms with E-state index in [-0.39, 0.29) is 6.61 Å². The lowest BCUT2D eigenvalue weighted by atomic mass is 10.4. The fourth-order valence-electron chi connectivity index (χ4n) is 0.792. The number of nitrogens with zero attached hydrogens (tertiary/aromatic N) is 1. The minimum absolute atomic E-state index is 0.169. The third-order valence-corrected chi connectivity index (χ3v) is 2.86. The van der Waals surface area contributed by atoms with E-state index in [0.29, 0.717) is 21.7 Å². The second-order valence-electron chi connectivity index (χ2n) is 2.34. The van der Waals surface area contributed by atoms with Crippen LogP contribution < -0.4 is 0 Å². The van der Waals surface area contributed by atoms with Crippen LogP contribution in [0.25, 0.3) is 0 Å². The maximum atomic E-state index is 8.57. The summed E-state index contributed by atoms with van der Waals surface area (Å²) in [5.41, 5.74) is 0.771. The Balaban J connectivity index is 2.59. The highest BCUT2D eigenvalue weighted by atomic mass is 35.5. The quantitative estimate of drug-likeness (QED) is 0.646. The fourth-order valence-corrected chi connectivity index (χ4v) is 1.90. The van der Waals surface area contributed by atoms with Crippen molar-refractivity contribution in [2.45, 2.75) is 5.75 Å². The Hall–Kier alpha value is 0.0400. The molecule has 0 spiro atoms. The summed E-state index contributed by atoms with van der Waals surface area (Å²) in [6.07, 6.45) is 0. The third kappa shape index (κ3) is 3.73. The maximum Gasteiger partial charge on any atom is 0.129 e. The van der Waals surface area contributed by atoms with Crippen molar-refractivity contribution >= 4 is 35.0 Å². The van der Waals surface area contributed by atoms with E-state index in [0.717, 1.165) is 5.69 Å². The summed E-state index contributed by atoms with van der Waals surface area (Å²) in [5.74, 6) is 1.37. The summed E-state index contributed by atoms with van der Waals surface area (Å²) < 4.78 is 0. The minimum Gasteiger partial charge on any atom is -0.396 e. The second-order valence-corrected chi connectivity index (χ2v) is 4.24. The number of rotatable bonds is 4. The molecule has 1 heterocycles. The van der Waals surface area contributed by atoms with E-state index in [1.165, 1.54) is 0 Å². The first-order chi connectivity index (χ1) is 6.24. The lowest BCUT2D eigenvalue weighted by Crippen LogP contribution is -1.92. The van der Waals surface area contributed by atoms with Crippen molar-refractivity contribution in [1.82, 2.24) is 4.98 Å². The van der Waals surface area contributed by atoms with Gasteiger partial charge in [0, 0.05) is 11.5 Å². The summed E-state index contributed by atoms with van der Waals surface area (Å²) in [6, 6.07) is 3.38. The van der Waals surface area contributed by atoms with Gasteiger partial charge in [0.15, 0.2) is 0 Å². The van der Waals surface area contributed by atoms with Gasteiger partial charge >= 0.3 is 0 Å². The van der Waals surface area contributed by atoms with E-state index in [1.54, 1.807) is 23.9 Å². The van der Waals surface area contributed by atoms with E-state index in [1.807, 2.05) is 0 Å². The highest BCUT2D eigenvalue weighted by Gasteiger charge is 2.02. The molecule has 72 valence electrons. The normalized spacial score (nSPS) is 10.4. The molecule has 0 aliphatic carbocycles. The molecule has 13 heavy (non-hydrogen) atoms. The molecule has 1 rings (SSSR count). The van der Waals surface area contributed by atoms with Gasteiger partial charge in [0.1, 0.15) is 5.15 Å². The van der Waals surface area contributed by atoms with E-state index < -0.39 is 0 Å². The molecule has 0 bridgehead atoms. The third-order valence-electron chi connectivity index (χ3n) is 1.36. The molecular weight excluding hydrogens is 229 g/mol. The Morgan fingerprint density at radius 3 is 2.85 bits per heavy atom. The average Bonchev–Trinajstić information content (AvgIpc) is 2.11. The first kappa shape index (κ1) is 11.1. The Labute approximate surface area is 91.3 Å². The van der Waals surface area contributed by atoms with E-state index in [2.05, 4.69) is 4.98 Å². The second kappa shape index (κ2) is 5.70. The van der Waals surface area contributed by atoms with Crippen LogP contribution in [0, 0.1) is 0 Å². The Kier molecular flexibility index (Phi) is 4.88. The lowest BCUT2D eigenvalue weighted by Gasteiger charge is -2.02. The molecule has 0 saturated carbocycles. The van der Waals surface area contributed by atoms with Gasteiger partial charge in [-0.25, -0.2) is 4.98 Å². The zero-order chi connectivity index (χ0) is 9.68. The number of aliphatic hydroxyl groups excluding tert-OH is 1. The largest absolute Gasteiger partial charge is 0.396 e. The highest BCUT2D eigenvalue weighted by molar-refractivity contribution is 7.98. The Bertz CT molecular complexity index is 283. The van der Waals surface area contributed by atoms with Gasteiger partial charge in [-0.15, -0.1) is 0 Å². The minimum atomic E-state index is 0.169. The highest BCUT2D eigenvalue weighted by Crippen LogP contribution is 2.21. The number of hydrogen-bond acceptors (Lipinski definition) is 3. The molecule has 5 heteroatoms. The SMILES string of the molecule is OCCSCc1nc(Cl)ccc1Cl. The molecule has 0 atom stereocenters. The summed E-state index contributed by atoms with van der Waals surface area (Å²) >= 11 is 13.2. The van der Waals surface area contributed by atoms with Crippen molar-refractivity contribution in [3.05, 3.63) is 28.0 Å². The van der Waals surface area contributed by atoms with Crippen LogP contribution in [0.5, 0.6) is 0 Å². The van der Waals surface area contributed by atoms with Gasteiger partial charge < -0.3 is 5.11 Å². The Morgan fingerprint density at radius 2 is 2.15 bits per heavy atom. The lowest BCUT2D eigenvalue weighted by molar-refractivity contribution is 0.322. The molecular formula is C8H9Cl2NOS.